The Morgan fingerprint density at radius 2 is 2.11 bits per heavy atom. The minimum absolute atomic E-state index is 0.438. The summed E-state index contributed by atoms with van der Waals surface area (Å²) in [6.45, 7) is 8.53. The number of benzene rings is 1. The average Bonchev–Trinajstić information content (AvgIpc) is 2.78. The second kappa shape index (κ2) is 4.71. The van der Waals surface area contributed by atoms with Gasteiger partial charge in [0.15, 0.2) is 11.5 Å². The Balaban J connectivity index is 1.88. The highest BCUT2D eigenvalue weighted by Gasteiger charge is 2.18. The third-order valence-electron chi connectivity index (χ3n) is 3.70. The molecule has 1 aliphatic heterocycles. The van der Waals surface area contributed by atoms with Gasteiger partial charge in [-0.15, -0.1) is 0 Å². The zero-order chi connectivity index (χ0) is 12.5. The number of hydrogen-bond donors (Lipinski definition) is 1. The molecular formula is C14H19N3O. The van der Waals surface area contributed by atoms with Crippen molar-refractivity contribution in [1.82, 2.24) is 15.2 Å². The molecule has 1 fully saturated rings. The van der Waals surface area contributed by atoms with Crippen LogP contribution in [0.4, 0.5) is 0 Å². The molecule has 0 radical (unpaired) electrons. The first-order valence-corrected chi connectivity index (χ1v) is 6.56. The molecule has 96 valence electrons. The minimum Gasteiger partial charge on any atom is -0.441 e. The Bertz CT molecular complexity index is 543. The van der Waals surface area contributed by atoms with Crippen molar-refractivity contribution < 1.29 is 4.42 Å². The second-order valence-corrected chi connectivity index (χ2v) is 4.92. The van der Waals surface area contributed by atoms with E-state index < -0.39 is 0 Å². The van der Waals surface area contributed by atoms with Gasteiger partial charge in [0.1, 0.15) is 5.52 Å². The Kier molecular flexibility index (Phi) is 3.06. The van der Waals surface area contributed by atoms with Gasteiger partial charge < -0.3 is 9.73 Å². The first-order valence-electron chi connectivity index (χ1n) is 6.56. The summed E-state index contributed by atoms with van der Waals surface area (Å²) in [5.74, 6) is 0.733. The molecule has 4 heteroatoms. The topological polar surface area (TPSA) is 41.3 Å². The maximum Gasteiger partial charge on any atom is 0.192 e. The van der Waals surface area contributed by atoms with Crippen molar-refractivity contribution in [3.05, 3.63) is 29.7 Å². The zero-order valence-electron chi connectivity index (χ0n) is 10.9. The maximum atomic E-state index is 5.51. The lowest BCUT2D eigenvalue weighted by Gasteiger charge is -2.33. The number of rotatable bonds is 2. The van der Waals surface area contributed by atoms with Gasteiger partial charge in [0, 0.05) is 39.1 Å². The van der Waals surface area contributed by atoms with Crippen LogP contribution in [0.3, 0.4) is 0 Å². The van der Waals surface area contributed by atoms with E-state index in [4.69, 9.17) is 4.42 Å². The summed E-state index contributed by atoms with van der Waals surface area (Å²) in [7, 11) is 0. The van der Waals surface area contributed by atoms with E-state index in [0.29, 0.717) is 6.04 Å². The number of oxazole rings is 1. The normalized spacial score (nSPS) is 19.2. The van der Waals surface area contributed by atoms with Crippen LogP contribution in [0, 0.1) is 6.92 Å². The van der Waals surface area contributed by atoms with Crippen LogP contribution in [0.5, 0.6) is 0 Å². The number of hydrogen-bond acceptors (Lipinski definition) is 4. The number of fused-ring (bicyclic) bond motifs is 1. The zero-order valence-corrected chi connectivity index (χ0v) is 10.9. The molecule has 2 aromatic rings. The highest BCUT2D eigenvalue weighted by molar-refractivity contribution is 5.73. The van der Waals surface area contributed by atoms with Gasteiger partial charge in [-0.1, -0.05) is 6.07 Å². The van der Waals surface area contributed by atoms with Crippen LogP contribution in [0.2, 0.25) is 0 Å². The van der Waals surface area contributed by atoms with Crippen LogP contribution in [0.25, 0.3) is 11.1 Å². The van der Waals surface area contributed by atoms with Crippen molar-refractivity contribution in [2.45, 2.75) is 19.9 Å². The standard InChI is InChI=1S/C14H19N3O/c1-10(17-7-5-15-6-8-17)12-3-4-14-13(9-12)16-11(2)18-14/h3-4,9-10,15H,5-8H2,1-2H3. The number of nitrogens with one attached hydrogen (secondary N) is 1. The molecule has 3 rings (SSSR count). The van der Waals surface area contributed by atoms with E-state index in [-0.39, 0.29) is 0 Å². The molecule has 1 aromatic carbocycles. The molecule has 0 bridgehead atoms. The predicted octanol–water partition coefficient (Wildman–Crippen LogP) is 2.10. The smallest absolute Gasteiger partial charge is 0.192 e. The molecule has 4 nitrogen and oxygen atoms in total. The van der Waals surface area contributed by atoms with E-state index >= 15 is 0 Å². The molecule has 0 aliphatic carbocycles. The SMILES string of the molecule is Cc1nc2cc(C(C)N3CCNCC3)ccc2o1. The van der Waals surface area contributed by atoms with Gasteiger partial charge in [0.25, 0.3) is 0 Å². The lowest BCUT2D eigenvalue weighted by molar-refractivity contribution is 0.185. The van der Waals surface area contributed by atoms with Crippen molar-refractivity contribution in [3.8, 4) is 0 Å². The van der Waals surface area contributed by atoms with E-state index in [0.717, 1.165) is 43.2 Å². The van der Waals surface area contributed by atoms with Crippen LogP contribution in [-0.4, -0.2) is 36.1 Å². The fourth-order valence-electron chi connectivity index (χ4n) is 2.60. The molecule has 1 aliphatic rings. The van der Waals surface area contributed by atoms with E-state index in [1.165, 1.54) is 5.56 Å². The molecule has 1 aromatic heterocycles. The first kappa shape index (κ1) is 11.7. The molecular weight excluding hydrogens is 226 g/mol. The fourth-order valence-corrected chi connectivity index (χ4v) is 2.60. The second-order valence-electron chi connectivity index (χ2n) is 4.92. The van der Waals surface area contributed by atoms with Gasteiger partial charge in [0.05, 0.1) is 0 Å². The lowest BCUT2D eigenvalue weighted by Crippen LogP contribution is -2.44. The predicted molar refractivity (Wildman–Crippen MR) is 71.6 cm³/mol. The summed E-state index contributed by atoms with van der Waals surface area (Å²) in [4.78, 5) is 6.91. The fraction of sp³-hybridized carbons (Fsp3) is 0.500. The molecule has 0 saturated carbocycles. The highest BCUT2D eigenvalue weighted by Crippen LogP contribution is 2.24. The quantitative estimate of drug-likeness (QED) is 0.879. The van der Waals surface area contributed by atoms with E-state index in [1.807, 2.05) is 13.0 Å². The van der Waals surface area contributed by atoms with Crippen LogP contribution in [-0.2, 0) is 0 Å². The summed E-state index contributed by atoms with van der Waals surface area (Å²) in [5.41, 5.74) is 3.16. The molecule has 0 spiro atoms. The van der Waals surface area contributed by atoms with Gasteiger partial charge in [-0.3, -0.25) is 4.90 Å². The van der Waals surface area contributed by atoms with Gasteiger partial charge in [-0.2, -0.15) is 0 Å². The summed E-state index contributed by atoms with van der Waals surface area (Å²) in [5, 5.41) is 3.38. The summed E-state index contributed by atoms with van der Waals surface area (Å²) in [6, 6.07) is 6.77. The highest BCUT2D eigenvalue weighted by atomic mass is 16.3. The maximum absolute atomic E-state index is 5.51. The Morgan fingerprint density at radius 3 is 2.89 bits per heavy atom. The summed E-state index contributed by atoms with van der Waals surface area (Å²) >= 11 is 0. The number of nitrogens with zero attached hydrogens (tertiary/aromatic N) is 2. The van der Waals surface area contributed by atoms with Gasteiger partial charge >= 0.3 is 0 Å². The number of aromatic nitrogens is 1. The first-order chi connectivity index (χ1) is 8.74. The summed E-state index contributed by atoms with van der Waals surface area (Å²) in [6.07, 6.45) is 0. The molecule has 1 N–H and O–H groups in total. The van der Waals surface area contributed by atoms with Crippen molar-refractivity contribution in [1.29, 1.82) is 0 Å². The largest absolute Gasteiger partial charge is 0.441 e. The summed E-state index contributed by atoms with van der Waals surface area (Å²) < 4.78 is 5.51. The Morgan fingerprint density at radius 1 is 1.33 bits per heavy atom. The molecule has 2 heterocycles. The van der Waals surface area contributed by atoms with E-state index in [1.54, 1.807) is 0 Å². The van der Waals surface area contributed by atoms with Crippen molar-refractivity contribution in [2.75, 3.05) is 26.2 Å². The lowest BCUT2D eigenvalue weighted by atomic mass is 10.1. The van der Waals surface area contributed by atoms with Crippen molar-refractivity contribution in [2.24, 2.45) is 0 Å². The van der Waals surface area contributed by atoms with Gasteiger partial charge in [-0.25, -0.2) is 4.98 Å². The van der Waals surface area contributed by atoms with Crippen LogP contribution in [0.1, 0.15) is 24.4 Å². The molecule has 1 unspecified atom stereocenters. The molecule has 0 amide bonds. The third-order valence-corrected chi connectivity index (χ3v) is 3.70. The van der Waals surface area contributed by atoms with Crippen molar-refractivity contribution in [3.63, 3.8) is 0 Å². The Hall–Kier alpha value is -1.39. The van der Waals surface area contributed by atoms with Crippen molar-refractivity contribution >= 4 is 11.1 Å². The van der Waals surface area contributed by atoms with E-state index in [9.17, 15) is 0 Å². The number of aryl methyl sites for hydroxylation is 1. The molecule has 1 atom stereocenters. The number of piperazine rings is 1. The molecule has 18 heavy (non-hydrogen) atoms. The van der Waals surface area contributed by atoms with E-state index in [2.05, 4.69) is 34.3 Å². The minimum atomic E-state index is 0.438. The Labute approximate surface area is 107 Å². The molecule has 1 saturated heterocycles. The monoisotopic (exact) mass is 245 g/mol. The average molecular weight is 245 g/mol. The van der Waals surface area contributed by atoms with Crippen LogP contribution < -0.4 is 5.32 Å². The van der Waals surface area contributed by atoms with Gasteiger partial charge in [-0.05, 0) is 24.6 Å². The van der Waals surface area contributed by atoms with Gasteiger partial charge in [0.2, 0.25) is 0 Å². The van der Waals surface area contributed by atoms with Crippen LogP contribution in [0.15, 0.2) is 22.6 Å². The third kappa shape index (κ3) is 2.13. The van der Waals surface area contributed by atoms with Crippen LogP contribution >= 0.6 is 0 Å².